The summed E-state index contributed by atoms with van der Waals surface area (Å²) in [5.41, 5.74) is 5.12. The smallest absolute Gasteiger partial charge is 0.410 e. The zero-order chi connectivity index (χ0) is 28.8. The van der Waals surface area contributed by atoms with Gasteiger partial charge < -0.3 is 24.5 Å². The number of aromatic amines is 1. The molecular weight excluding hydrogens is 510 g/mol. The van der Waals surface area contributed by atoms with Gasteiger partial charge in [-0.3, -0.25) is 9.69 Å². The maximum absolute atomic E-state index is 13.3. The molecule has 40 heavy (non-hydrogen) atoms. The number of amides is 2. The quantitative estimate of drug-likeness (QED) is 0.502. The molecule has 3 aromatic rings. The normalized spacial score (nSPS) is 18.1. The lowest BCUT2D eigenvalue weighted by atomic mass is 9.87. The summed E-state index contributed by atoms with van der Waals surface area (Å²) in [6.07, 6.45) is 4.75. The number of aliphatic hydroxyl groups is 1. The fraction of sp³-hybridized carbons (Fsp3) is 0.533. The van der Waals surface area contributed by atoms with Gasteiger partial charge in [0.25, 0.3) is 5.91 Å². The van der Waals surface area contributed by atoms with E-state index in [-0.39, 0.29) is 5.91 Å². The summed E-state index contributed by atoms with van der Waals surface area (Å²) in [5, 5.41) is 10.4. The number of morpholine rings is 1. The second-order valence-corrected chi connectivity index (χ2v) is 12.1. The molecular formula is C30H39N5O5. The lowest BCUT2D eigenvalue weighted by Crippen LogP contribution is -2.48. The standard InChI is InChI=1S/C30H39N5O5/c1-7-18-14-31-26-25(18)33-23(15-32-26)20-12-19-8-9-34(27(36)30(5,6)38)16-22(19)21(13-20)24-17-39-11-10-35(24)28(37)40-29(2,3)4/h12-15,24,38H,7-11,16-17H2,1-6H3,(H,31,32). The van der Waals surface area contributed by atoms with Gasteiger partial charge in [-0.15, -0.1) is 0 Å². The molecule has 2 N–H and O–H groups in total. The molecule has 2 aliphatic heterocycles. The molecule has 1 fully saturated rings. The summed E-state index contributed by atoms with van der Waals surface area (Å²) >= 11 is 0. The Bertz CT molecular complexity index is 1430. The largest absolute Gasteiger partial charge is 0.444 e. The van der Waals surface area contributed by atoms with Gasteiger partial charge >= 0.3 is 6.09 Å². The zero-order valence-electron chi connectivity index (χ0n) is 24.2. The molecule has 1 aromatic carbocycles. The van der Waals surface area contributed by atoms with Gasteiger partial charge in [0, 0.05) is 31.4 Å². The molecule has 2 aromatic heterocycles. The Morgan fingerprint density at radius 2 is 1.98 bits per heavy atom. The number of nitrogens with zero attached hydrogens (tertiary/aromatic N) is 4. The van der Waals surface area contributed by atoms with Crippen molar-refractivity contribution < 1.29 is 24.2 Å². The molecule has 0 spiro atoms. The van der Waals surface area contributed by atoms with Crippen molar-refractivity contribution in [1.29, 1.82) is 0 Å². The predicted octanol–water partition coefficient (Wildman–Crippen LogP) is 4.15. The second-order valence-electron chi connectivity index (χ2n) is 12.1. The van der Waals surface area contributed by atoms with E-state index in [1.54, 1.807) is 16.0 Å². The van der Waals surface area contributed by atoms with Crippen LogP contribution < -0.4 is 0 Å². The number of nitrogens with one attached hydrogen (secondary N) is 1. The number of aromatic nitrogens is 3. The van der Waals surface area contributed by atoms with E-state index in [0.29, 0.717) is 39.3 Å². The third kappa shape index (κ3) is 5.55. The lowest BCUT2D eigenvalue weighted by Gasteiger charge is -2.40. The average molecular weight is 550 g/mol. The fourth-order valence-corrected chi connectivity index (χ4v) is 5.45. The highest BCUT2D eigenvalue weighted by molar-refractivity contribution is 5.84. The van der Waals surface area contributed by atoms with Gasteiger partial charge in [0.05, 0.1) is 31.1 Å². The second kappa shape index (κ2) is 10.5. The zero-order valence-corrected chi connectivity index (χ0v) is 24.2. The first-order valence-corrected chi connectivity index (χ1v) is 13.9. The van der Waals surface area contributed by atoms with Gasteiger partial charge in [0.1, 0.15) is 16.7 Å². The number of carbonyl (C=O) groups excluding carboxylic acids is 2. The monoisotopic (exact) mass is 549 g/mol. The molecule has 2 aliphatic rings. The van der Waals surface area contributed by atoms with Crippen molar-refractivity contribution in [3.8, 4) is 11.3 Å². The molecule has 0 radical (unpaired) electrons. The summed E-state index contributed by atoms with van der Waals surface area (Å²) in [5.74, 6) is -0.326. The minimum atomic E-state index is -1.48. The van der Waals surface area contributed by atoms with Crippen molar-refractivity contribution in [2.24, 2.45) is 0 Å². The number of ether oxygens (including phenoxy) is 2. The highest BCUT2D eigenvalue weighted by Crippen LogP contribution is 2.37. The van der Waals surface area contributed by atoms with Crippen LogP contribution >= 0.6 is 0 Å². The number of rotatable bonds is 4. The van der Waals surface area contributed by atoms with Crippen LogP contribution in [0.1, 0.15) is 69.8 Å². The molecule has 2 amide bonds. The van der Waals surface area contributed by atoms with E-state index in [1.807, 2.05) is 33.0 Å². The van der Waals surface area contributed by atoms with Gasteiger partial charge in [0.15, 0.2) is 5.65 Å². The number of H-pyrrole nitrogens is 1. The Hall–Kier alpha value is -3.50. The van der Waals surface area contributed by atoms with Crippen molar-refractivity contribution in [3.63, 3.8) is 0 Å². The van der Waals surface area contributed by atoms with E-state index in [0.717, 1.165) is 51.1 Å². The van der Waals surface area contributed by atoms with Crippen LogP contribution in [0.4, 0.5) is 4.79 Å². The number of fused-ring (bicyclic) bond motifs is 2. The molecule has 10 heteroatoms. The molecule has 1 unspecified atom stereocenters. The van der Waals surface area contributed by atoms with E-state index in [1.165, 1.54) is 13.8 Å². The molecule has 0 aliphatic carbocycles. The van der Waals surface area contributed by atoms with Crippen LogP contribution in [0, 0.1) is 0 Å². The van der Waals surface area contributed by atoms with Crippen LogP contribution in [0.5, 0.6) is 0 Å². The van der Waals surface area contributed by atoms with Gasteiger partial charge in [-0.05, 0) is 81.8 Å². The Balaban J connectivity index is 1.62. The van der Waals surface area contributed by atoms with Crippen molar-refractivity contribution in [2.75, 3.05) is 26.3 Å². The van der Waals surface area contributed by atoms with Crippen LogP contribution in [-0.4, -0.2) is 79.4 Å². The summed E-state index contributed by atoms with van der Waals surface area (Å²) in [6, 6.07) is 3.74. The van der Waals surface area contributed by atoms with Crippen LogP contribution in [-0.2, 0) is 33.7 Å². The van der Waals surface area contributed by atoms with Gasteiger partial charge in [0.2, 0.25) is 0 Å². The molecule has 10 nitrogen and oxygen atoms in total. The average Bonchev–Trinajstić information content (AvgIpc) is 3.32. The van der Waals surface area contributed by atoms with E-state index in [4.69, 9.17) is 14.5 Å². The van der Waals surface area contributed by atoms with Gasteiger partial charge in [-0.1, -0.05) is 6.92 Å². The first-order chi connectivity index (χ1) is 18.9. The Labute approximate surface area is 234 Å². The van der Waals surface area contributed by atoms with Gasteiger partial charge in [-0.2, -0.15) is 0 Å². The van der Waals surface area contributed by atoms with Crippen molar-refractivity contribution >= 4 is 23.2 Å². The third-order valence-corrected chi connectivity index (χ3v) is 7.44. The van der Waals surface area contributed by atoms with Crippen LogP contribution in [0.25, 0.3) is 22.4 Å². The SMILES string of the molecule is CCc1c[nH]c2ncc(-c3cc4c(c(C5COCCN5C(=O)OC(C)(C)C)c3)CN(C(=O)C(C)(C)O)CC4)nc12. The maximum atomic E-state index is 13.3. The molecule has 5 rings (SSSR count). The van der Waals surface area contributed by atoms with Crippen molar-refractivity contribution in [2.45, 2.75) is 78.2 Å². The first kappa shape index (κ1) is 28.0. The molecule has 0 saturated carbocycles. The van der Waals surface area contributed by atoms with Crippen LogP contribution in [0.3, 0.4) is 0 Å². The van der Waals surface area contributed by atoms with Crippen LogP contribution in [0.2, 0.25) is 0 Å². The number of aryl methyl sites for hydroxylation is 1. The van der Waals surface area contributed by atoms with Crippen LogP contribution in [0.15, 0.2) is 24.5 Å². The topological polar surface area (TPSA) is 121 Å². The summed E-state index contributed by atoms with van der Waals surface area (Å²) in [7, 11) is 0. The summed E-state index contributed by atoms with van der Waals surface area (Å²) in [6.45, 7) is 12.6. The molecule has 4 heterocycles. The predicted molar refractivity (Wildman–Crippen MR) is 151 cm³/mol. The van der Waals surface area contributed by atoms with E-state index in [2.05, 4.69) is 23.0 Å². The Morgan fingerprint density at radius 3 is 2.67 bits per heavy atom. The minimum absolute atomic E-state index is 0.303. The van der Waals surface area contributed by atoms with Gasteiger partial charge in [-0.25, -0.2) is 14.8 Å². The van der Waals surface area contributed by atoms with E-state index < -0.39 is 23.3 Å². The minimum Gasteiger partial charge on any atom is -0.444 e. The molecule has 0 bridgehead atoms. The third-order valence-electron chi connectivity index (χ3n) is 7.44. The summed E-state index contributed by atoms with van der Waals surface area (Å²) < 4.78 is 11.7. The number of hydrogen-bond acceptors (Lipinski definition) is 7. The van der Waals surface area contributed by atoms with E-state index >= 15 is 0 Å². The van der Waals surface area contributed by atoms with E-state index in [9.17, 15) is 14.7 Å². The number of hydrogen-bond donors (Lipinski definition) is 2. The number of carbonyl (C=O) groups is 2. The lowest BCUT2D eigenvalue weighted by molar-refractivity contribution is -0.148. The highest BCUT2D eigenvalue weighted by Gasteiger charge is 2.37. The van der Waals surface area contributed by atoms with Crippen molar-refractivity contribution in [1.82, 2.24) is 24.8 Å². The number of benzene rings is 1. The summed E-state index contributed by atoms with van der Waals surface area (Å²) in [4.78, 5) is 42.6. The van der Waals surface area contributed by atoms with Crippen molar-refractivity contribution in [3.05, 3.63) is 46.8 Å². The molecule has 214 valence electrons. The molecule has 1 atom stereocenters. The first-order valence-electron chi connectivity index (χ1n) is 13.9. The highest BCUT2D eigenvalue weighted by atomic mass is 16.6. The Kier molecular flexibility index (Phi) is 7.35. The molecule has 1 saturated heterocycles. The Morgan fingerprint density at radius 1 is 1.20 bits per heavy atom. The maximum Gasteiger partial charge on any atom is 0.410 e. The fourth-order valence-electron chi connectivity index (χ4n) is 5.45.